The predicted octanol–water partition coefficient (Wildman–Crippen LogP) is 4.25. The molecule has 0 aromatic heterocycles. The molecule has 0 aliphatic heterocycles. The van der Waals surface area contributed by atoms with Crippen molar-refractivity contribution in [1.82, 2.24) is 10.2 Å². The van der Waals surface area contributed by atoms with Gasteiger partial charge < -0.3 is 10.2 Å². The van der Waals surface area contributed by atoms with Crippen LogP contribution in [0.25, 0.3) is 0 Å². The second-order valence-electron chi connectivity index (χ2n) is 6.90. The topological polar surface area (TPSA) is 49.4 Å². The van der Waals surface area contributed by atoms with Crippen molar-refractivity contribution >= 4 is 23.6 Å². The average Bonchev–Trinajstić information content (AvgIpc) is 2.67. The highest BCUT2D eigenvalue weighted by Crippen LogP contribution is 2.19. The minimum absolute atomic E-state index is 0.00800. The van der Waals surface area contributed by atoms with Gasteiger partial charge in [-0.15, -0.1) is 11.8 Å². The molecule has 1 N–H and O–H groups in total. The van der Waals surface area contributed by atoms with Crippen LogP contribution in [0.3, 0.4) is 0 Å². The smallest absolute Gasteiger partial charge is 0.242 e. The lowest BCUT2D eigenvalue weighted by atomic mass is 10.1. The zero-order chi connectivity index (χ0) is 20.5. The molecule has 2 amide bonds. The summed E-state index contributed by atoms with van der Waals surface area (Å²) in [4.78, 5) is 28.0. The van der Waals surface area contributed by atoms with Gasteiger partial charge in [-0.25, -0.2) is 4.39 Å². The van der Waals surface area contributed by atoms with Crippen LogP contribution in [-0.4, -0.2) is 34.6 Å². The molecule has 4 nitrogen and oxygen atoms in total. The van der Waals surface area contributed by atoms with Crippen molar-refractivity contribution in [1.29, 1.82) is 0 Å². The number of halogens is 1. The number of hydrogen-bond acceptors (Lipinski definition) is 3. The Balaban J connectivity index is 2.05. The van der Waals surface area contributed by atoms with Crippen LogP contribution >= 0.6 is 11.8 Å². The van der Waals surface area contributed by atoms with Crippen molar-refractivity contribution in [2.24, 2.45) is 0 Å². The van der Waals surface area contributed by atoms with E-state index in [0.29, 0.717) is 12.2 Å². The van der Waals surface area contributed by atoms with E-state index < -0.39 is 6.04 Å². The van der Waals surface area contributed by atoms with E-state index in [1.807, 2.05) is 44.2 Å². The second-order valence-corrected chi connectivity index (χ2v) is 8.07. The lowest BCUT2D eigenvalue weighted by Gasteiger charge is -2.29. The Bertz CT molecular complexity index is 766. The number of nitrogens with zero attached hydrogens (tertiary/aromatic N) is 1. The molecule has 0 heterocycles. The molecule has 0 aliphatic rings. The second kappa shape index (κ2) is 10.9. The van der Waals surface area contributed by atoms with E-state index >= 15 is 0 Å². The number of thioether (sulfide) groups is 1. The molecule has 0 aliphatic carbocycles. The van der Waals surface area contributed by atoms with Crippen molar-refractivity contribution in [3.05, 3.63) is 66.0 Å². The van der Waals surface area contributed by atoms with Crippen LogP contribution in [0, 0.1) is 5.82 Å². The van der Waals surface area contributed by atoms with E-state index in [4.69, 9.17) is 0 Å². The first-order valence-corrected chi connectivity index (χ1v) is 10.4. The maximum atomic E-state index is 13.2. The summed E-state index contributed by atoms with van der Waals surface area (Å²) in [5.74, 6) is 0.00759. The van der Waals surface area contributed by atoms with Gasteiger partial charge in [-0.1, -0.05) is 30.3 Å². The van der Waals surface area contributed by atoms with Gasteiger partial charge in [-0.2, -0.15) is 0 Å². The summed E-state index contributed by atoms with van der Waals surface area (Å²) in [6.07, 6.45) is 0.319. The van der Waals surface area contributed by atoms with Gasteiger partial charge in [0, 0.05) is 29.7 Å². The van der Waals surface area contributed by atoms with Gasteiger partial charge in [0.15, 0.2) is 0 Å². The van der Waals surface area contributed by atoms with Crippen LogP contribution in [0.15, 0.2) is 59.5 Å². The van der Waals surface area contributed by atoms with Crippen LogP contribution in [0.5, 0.6) is 0 Å². The molecule has 2 aromatic carbocycles. The minimum Gasteiger partial charge on any atom is -0.352 e. The molecule has 6 heteroatoms. The molecule has 0 fully saturated rings. The molecule has 0 spiro atoms. The lowest BCUT2D eigenvalue weighted by molar-refractivity contribution is -0.140. The third-order valence-corrected chi connectivity index (χ3v) is 5.21. The number of carbonyl (C=O) groups excluding carboxylic acids is 2. The fourth-order valence-electron chi connectivity index (χ4n) is 2.69. The van der Waals surface area contributed by atoms with Crippen molar-refractivity contribution in [2.45, 2.75) is 50.7 Å². The normalized spacial score (nSPS) is 11.9. The molecule has 1 atom stereocenters. The quantitative estimate of drug-likeness (QED) is 0.638. The van der Waals surface area contributed by atoms with Crippen molar-refractivity contribution in [3.63, 3.8) is 0 Å². The summed E-state index contributed by atoms with van der Waals surface area (Å²) in [5, 5.41) is 2.86. The van der Waals surface area contributed by atoms with Gasteiger partial charge in [0.2, 0.25) is 11.8 Å². The summed E-state index contributed by atoms with van der Waals surface area (Å²) < 4.78 is 13.2. The molecule has 28 heavy (non-hydrogen) atoms. The van der Waals surface area contributed by atoms with Crippen LogP contribution in [0.4, 0.5) is 4.39 Å². The highest BCUT2D eigenvalue weighted by molar-refractivity contribution is 7.99. The molecular formula is C22H27FN2O2S. The highest BCUT2D eigenvalue weighted by atomic mass is 32.2. The zero-order valence-corrected chi connectivity index (χ0v) is 17.3. The molecule has 0 saturated heterocycles. The third-order valence-electron chi connectivity index (χ3n) is 4.19. The third kappa shape index (κ3) is 7.00. The van der Waals surface area contributed by atoms with E-state index in [0.717, 1.165) is 10.5 Å². The average molecular weight is 403 g/mol. The summed E-state index contributed by atoms with van der Waals surface area (Å²) in [6.45, 7) is 5.76. The summed E-state index contributed by atoms with van der Waals surface area (Å²) in [6, 6.07) is 15.3. The molecule has 0 radical (unpaired) electrons. The Morgan fingerprint density at radius 2 is 1.68 bits per heavy atom. The Labute approximate surface area is 170 Å². The van der Waals surface area contributed by atoms with E-state index in [2.05, 4.69) is 5.32 Å². The van der Waals surface area contributed by atoms with Gasteiger partial charge in [0.1, 0.15) is 11.9 Å². The fourth-order valence-corrected chi connectivity index (χ4v) is 3.55. The molecular weight excluding hydrogens is 375 g/mol. The Hall–Kier alpha value is -2.34. The van der Waals surface area contributed by atoms with Crippen molar-refractivity contribution in [2.75, 3.05) is 5.75 Å². The van der Waals surface area contributed by atoms with Gasteiger partial charge in [0.05, 0.1) is 0 Å². The van der Waals surface area contributed by atoms with E-state index in [9.17, 15) is 14.0 Å². The Morgan fingerprint density at radius 1 is 1.04 bits per heavy atom. The molecule has 0 saturated carbocycles. The van der Waals surface area contributed by atoms with Crippen LogP contribution in [0.2, 0.25) is 0 Å². The number of hydrogen-bond donors (Lipinski definition) is 1. The number of benzene rings is 2. The van der Waals surface area contributed by atoms with Crippen LogP contribution < -0.4 is 5.32 Å². The summed E-state index contributed by atoms with van der Waals surface area (Å²) in [5.41, 5.74) is 0.787. The first-order chi connectivity index (χ1) is 13.4. The number of rotatable bonds is 9. The molecule has 150 valence electrons. The molecule has 2 rings (SSSR count). The standard InChI is InChI=1S/C22H27FN2O2S/c1-16(2)24-22(27)17(3)25(15-18-9-11-19(23)12-10-18)21(26)13-14-28-20-7-5-4-6-8-20/h4-12,16-17H,13-15H2,1-3H3,(H,24,27)/t17-/m0/s1. The van der Waals surface area contributed by atoms with Gasteiger partial charge in [-0.05, 0) is 50.6 Å². The monoisotopic (exact) mass is 402 g/mol. The summed E-state index contributed by atoms with van der Waals surface area (Å²) in [7, 11) is 0. The van der Waals surface area contributed by atoms with E-state index in [1.54, 1.807) is 35.7 Å². The van der Waals surface area contributed by atoms with Crippen LogP contribution in [-0.2, 0) is 16.1 Å². The predicted molar refractivity (Wildman–Crippen MR) is 111 cm³/mol. The molecule has 0 unspecified atom stereocenters. The molecule has 0 bridgehead atoms. The number of nitrogens with one attached hydrogen (secondary N) is 1. The summed E-state index contributed by atoms with van der Waals surface area (Å²) >= 11 is 1.61. The van der Waals surface area contributed by atoms with Crippen molar-refractivity contribution in [3.8, 4) is 0 Å². The Morgan fingerprint density at radius 3 is 2.29 bits per heavy atom. The van der Waals surface area contributed by atoms with Crippen molar-refractivity contribution < 1.29 is 14.0 Å². The van der Waals surface area contributed by atoms with E-state index in [-0.39, 0.29) is 30.2 Å². The first-order valence-electron chi connectivity index (χ1n) is 9.39. The van der Waals surface area contributed by atoms with Gasteiger partial charge in [0.25, 0.3) is 0 Å². The number of carbonyl (C=O) groups is 2. The maximum Gasteiger partial charge on any atom is 0.242 e. The maximum absolute atomic E-state index is 13.2. The highest BCUT2D eigenvalue weighted by Gasteiger charge is 2.26. The fraction of sp³-hybridized carbons (Fsp3) is 0.364. The van der Waals surface area contributed by atoms with Crippen LogP contribution in [0.1, 0.15) is 32.8 Å². The zero-order valence-electron chi connectivity index (χ0n) is 16.5. The van der Waals surface area contributed by atoms with Gasteiger partial charge in [-0.3, -0.25) is 9.59 Å². The largest absolute Gasteiger partial charge is 0.352 e. The molecule has 2 aromatic rings. The van der Waals surface area contributed by atoms with Gasteiger partial charge >= 0.3 is 0 Å². The number of amides is 2. The minimum atomic E-state index is -0.610. The lowest BCUT2D eigenvalue weighted by Crippen LogP contribution is -2.49. The SMILES string of the molecule is CC(C)NC(=O)[C@H](C)N(Cc1ccc(F)cc1)C(=O)CCSc1ccccc1. The van der Waals surface area contributed by atoms with E-state index in [1.165, 1.54) is 12.1 Å². The Kier molecular flexibility index (Phi) is 8.51. The first kappa shape index (κ1) is 22.0.